The highest BCUT2D eigenvalue weighted by atomic mass is 32.1. The fourth-order valence-electron chi connectivity index (χ4n) is 1.30. The molecule has 2 rings (SSSR count). The Labute approximate surface area is 97.4 Å². The molecule has 0 spiro atoms. The standard InChI is InChI=1S/C11H11N3OS/c1-8(10-3-2-6-16-10)14-11(15)9-7-12-4-5-13-9/h2-8H,1H3,(H,14,15)/t8-/m1/s1. The Morgan fingerprint density at radius 3 is 3.00 bits per heavy atom. The fourth-order valence-corrected chi connectivity index (χ4v) is 2.03. The summed E-state index contributed by atoms with van der Waals surface area (Å²) in [5, 5.41) is 4.85. The van der Waals surface area contributed by atoms with Crippen LogP contribution in [0.15, 0.2) is 36.1 Å². The molecule has 0 radical (unpaired) electrons. The van der Waals surface area contributed by atoms with Gasteiger partial charge in [0.25, 0.3) is 5.91 Å². The molecule has 4 nitrogen and oxygen atoms in total. The van der Waals surface area contributed by atoms with Gasteiger partial charge < -0.3 is 5.32 Å². The summed E-state index contributed by atoms with van der Waals surface area (Å²) in [5.41, 5.74) is 0.339. The average Bonchev–Trinajstić information content (AvgIpc) is 2.83. The lowest BCUT2D eigenvalue weighted by Crippen LogP contribution is -2.26. The summed E-state index contributed by atoms with van der Waals surface area (Å²) in [7, 11) is 0. The lowest BCUT2D eigenvalue weighted by molar-refractivity contribution is 0.0935. The Morgan fingerprint density at radius 1 is 1.50 bits per heavy atom. The van der Waals surface area contributed by atoms with Crippen molar-refractivity contribution < 1.29 is 4.79 Å². The number of carbonyl (C=O) groups excluding carboxylic acids is 1. The molecule has 1 atom stereocenters. The molecular weight excluding hydrogens is 222 g/mol. The van der Waals surface area contributed by atoms with Crippen molar-refractivity contribution in [2.75, 3.05) is 0 Å². The Morgan fingerprint density at radius 2 is 2.38 bits per heavy atom. The lowest BCUT2D eigenvalue weighted by Gasteiger charge is -2.11. The number of nitrogens with zero attached hydrogens (tertiary/aromatic N) is 2. The number of thiophene rings is 1. The summed E-state index contributed by atoms with van der Waals surface area (Å²) in [5.74, 6) is -0.200. The van der Waals surface area contributed by atoms with Crippen LogP contribution >= 0.6 is 11.3 Å². The Bertz CT molecular complexity index is 455. The first-order valence-electron chi connectivity index (χ1n) is 4.87. The van der Waals surface area contributed by atoms with Gasteiger partial charge in [-0.05, 0) is 18.4 Å². The molecule has 0 aliphatic carbocycles. The van der Waals surface area contributed by atoms with Crippen molar-refractivity contribution in [2.24, 2.45) is 0 Å². The SMILES string of the molecule is C[C@@H](NC(=O)c1cnccn1)c1cccs1. The lowest BCUT2D eigenvalue weighted by atomic mass is 10.2. The van der Waals surface area contributed by atoms with Crippen LogP contribution in [0.2, 0.25) is 0 Å². The molecule has 2 aromatic rings. The minimum atomic E-state index is -0.200. The van der Waals surface area contributed by atoms with Crippen molar-refractivity contribution in [3.8, 4) is 0 Å². The van der Waals surface area contributed by atoms with Crippen LogP contribution in [0.4, 0.5) is 0 Å². The van der Waals surface area contributed by atoms with Gasteiger partial charge >= 0.3 is 0 Å². The summed E-state index contributed by atoms with van der Waals surface area (Å²) < 4.78 is 0. The molecular formula is C11H11N3OS. The minimum Gasteiger partial charge on any atom is -0.343 e. The second-order valence-corrected chi connectivity index (χ2v) is 4.28. The van der Waals surface area contributed by atoms with E-state index in [-0.39, 0.29) is 11.9 Å². The first kappa shape index (κ1) is 10.8. The second kappa shape index (κ2) is 4.85. The van der Waals surface area contributed by atoms with E-state index in [1.54, 1.807) is 17.5 Å². The quantitative estimate of drug-likeness (QED) is 0.882. The van der Waals surface area contributed by atoms with Gasteiger partial charge in [0, 0.05) is 17.3 Å². The van der Waals surface area contributed by atoms with E-state index >= 15 is 0 Å². The topological polar surface area (TPSA) is 54.9 Å². The Kier molecular flexibility index (Phi) is 3.26. The molecule has 0 saturated carbocycles. The molecule has 0 aliphatic heterocycles. The van der Waals surface area contributed by atoms with Crippen LogP contribution in [-0.4, -0.2) is 15.9 Å². The highest BCUT2D eigenvalue weighted by Crippen LogP contribution is 2.18. The third-order valence-corrected chi connectivity index (χ3v) is 3.17. The van der Waals surface area contributed by atoms with E-state index in [0.717, 1.165) is 4.88 Å². The molecule has 0 aliphatic rings. The molecule has 5 heteroatoms. The molecule has 0 fully saturated rings. The molecule has 1 amide bonds. The third-order valence-electron chi connectivity index (χ3n) is 2.11. The molecule has 0 bridgehead atoms. The highest BCUT2D eigenvalue weighted by molar-refractivity contribution is 7.10. The number of carbonyl (C=O) groups is 1. The van der Waals surface area contributed by atoms with Crippen LogP contribution in [0.1, 0.15) is 28.3 Å². The van der Waals surface area contributed by atoms with Gasteiger partial charge in [0.05, 0.1) is 12.2 Å². The maximum Gasteiger partial charge on any atom is 0.271 e. The van der Waals surface area contributed by atoms with Gasteiger partial charge in [0.15, 0.2) is 0 Å². The monoisotopic (exact) mass is 233 g/mol. The van der Waals surface area contributed by atoms with Crippen molar-refractivity contribution in [1.29, 1.82) is 0 Å². The van der Waals surface area contributed by atoms with Crippen molar-refractivity contribution in [3.05, 3.63) is 46.7 Å². The van der Waals surface area contributed by atoms with Gasteiger partial charge in [-0.25, -0.2) is 4.98 Å². The summed E-state index contributed by atoms with van der Waals surface area (Å²) >= 11 is 1.62. The van der Waals surface area contributed by atoms with Crippen LogP contribution in [0.5, 0.6) is 0 Å². The Hall–Kier alpha value is -1.75. The van der Waals surface area contributed by atoms with E-state index in [4.69, 9.17) is 0 Å². The van der Waals surface area contributed by atoms with E-state index in [0.29, 0.717) is 5.69 Å². The van der Waals surface area contributed by atoms with Crippen molar-refractivity contribution in [1.82, 2.24) is 15.3 Å². The van der Waals surface area contributed by atoms with E-state index in [1.807, 2.05) is 24.4 Å². The molecule has 0 aromatic carbocycles. The molecule has 0 unspecified atom stereocenters. The van der Waals surface area contributed by atoms with Crippen molar-refractivity contribution in [3.63, 3.8) is 0 Å². The summed E-state index contributed by atoms with van der Waals surface area (Å²) in [4.78, 5) is 20.7. The van der Waals surface area contributed by atoms with E-state index < -0.39 is 0 Å². The maximum absolute atomic E-state index is 11.7. The highest BCUT2D eigenvalue weighted by Gasteiger charge is 2.12. The summed E-state index contributed by atoms with van der Waals surface area (Å²) in [6.07, 6.45) is 4.50. The first-order valence-corrected chi connectivity index (χ1v) is 5.75. The normalized spacial score (nSPS) is 12.1. The summed E-state index contributed by atoms with van der Waals surface area (Å²) in [6.45, 7) is 1.94. The zero-order valence-electron chi connectivity index (χ0n) is 8.75. The number of nitrogens with one attached hydrogen (secondary N) is 1. The van der Waals surface area contributed by atoms with Crippen LogP contribution in [0.3, 0.4) is 0 Å². The molecule has 1 N–H and O–H groups in total. The molecule has 16 heavy (non-hydrogen) atoms. The minimum absolute atomic E-state index is 0.00509. The smallest absolute Gasteiger partial charge is 0.271 e. The van der Waals surface area contributed by atoms with Gasteiger partial charge in [0.2, 0.25) is 0 Å². The van der Waals surface area contributed by atoms with Gasteiger partial charge in [-0.1, -0.05) is 6.07 Å². The fraction of sp³-hybridized carbons (Fsp3) is 0.182. The molecule has 0 saturated heterocycles. The summed E-state index contributed by atoms with van der Waals surface area (Å²) in [6, 6.07) is 3.95. The largest absolute Gasteiger partial charge is 0.343 e. The van der Waals surface area contributed by atoms with E-state index in [2.05, 4.69) is 15.3 Å². The van der Waals surface area contributed by atoms with Crippen LogP contribution in [0, 0.1) is 0 Å². The molecule has 2 heterocycles. The van der Waals surface area contributed by atoms with Crippen LogP contribution < -0.4 is 5.32 Å². The van der Waals surface area contributed by atoms with E-state index in [1.165, 1.54) is 12.4 Å². The van der Waals surface area contributed by atoms with Crippen LogP contribution in [-0.2, 0) is 0 Å². The number of hydrogen-bond donors (Lipinski definition) is 1. The zero-order valence-corrected chi connectivity index (χ0v) is 9.57. The van der Waals surface area contributed by atoms with Crippen molar-refractivity contribution >= 4 is 17.2 Å². The van der Waals surface area contributed by atoms with E-state index in [9.17, 15) is 4.79 Å². The van der Waals surface area contributed by atoms with Gasteiger partial charge in [-0.15, -0.1) is 11.3 Å². The number of rotatable bonds is 3. The number of aromatic nitrogens is 2. The van der Waals surface area contributed by atoms with Gasteiger partial charge in [0.1, 0.15) is 5.69 Å². The second-order valence-electron chi connectivity index (χ2n) is 3.30. The van der Waals surface area contributed by atoms with Gasteiger partial charge in [-0.3, -0.25) is 9.78 Å². The molecule has 2 aromatic heterocycles. The average molecular weight is 233 g/mol. The van der Waals surface area contributed by atoms with Crippen LogP contribution in [0.25, 0.3) is 0 Å². The maximum atomic E-state index is 11.7. The predicted molar refractivity (Wildman–Crippen MR) is 62.2 cm³/mol. The Balaban J connectivity index is 2.03. The number of hydrogen-bond acceptors (Lipinski definition) is 4. The number of amides is 1. The predicted octanol–water partition coefficient (Wildman–Crippen LogP) is 2.03. The molecule has 82 valence electrons. The first-order chi connectivity index (χ1) is 7.77. The zero-order chi connectivity index (χ0) is 11.4. The third kappa shape index (κ3) is 2.43. The van der Waals surface area contributed by atoms with Gasteiger partial charge in [-0.2, -0.15) is 0 Å². The van der Waals surface area contributed by atoms with Crippen molar-refractivity contribution in [2.45, 2.75) is 13.0 Å².